The molecule has 4 rings (SSSR count). The number of benzene rings is 2. The highest BCUT2D eigenvalue weighted by Gasteiger charge is 2.13. The van der Waals surface area contributed by atoms with Crippen molar-refractivity contribution in [2.24, 2.45) is 0 Å². The lowest BCUT2D eigenvalue weighted by molar-refractivity contribution is 0.243. The van der Waals surface area contributed by atoms with Crippen LogP contribution in [0.3, 0.4) is 0 Å². The van der Waals surface area contributed by atoms with Gasteiger partial charge < -0.3 is 13.7 Å². The number of hydrogen-bond donors (Lipinski definition) is 0. The van der Waals surface area contributed by atoms with Gasteiger partial charge in [0.1, 0.15) is 11.3 Å². The summed E-state index contributed by atoms with van der Waals surface area (Å²) in [6.07, 6.45) is 0. The van der Waals surface area contributed by atoms with Crippen LogP contribution in [-0.4, -0.2) is 10.1 Å². The minimum absolute atomic E-state index is 0.0300. The molecule has 0 fully saturated rings. The highest BCUT2D eigenvalue weighted by molar-refractivity contribution is 9.10. The van der Waals surface area contributed by atoms with E-state index in [1.54, 1.807) is 12.1 Å². The van der Waals surface area contributed by atoms with Crippen molar-refractivity contribution in [3.05, 3.63) is 73.8 Å². The van der Waals surface area contributed by atoms with Gasteiger partial charge in [-0.3, -0.25) is 0 Å². The van der Waals surface area contributed by atoms with Crippen LogP contribution in [-0.2, 0) is 6.61 Å². The Morgan fingerprint density at radius 3 is 2.89 bits per heavy atom. The van der Waals surface area contributed by atoms with E-state index in [2.05, 4.69) is 26.1 Å². The third-order valence-corrected chi connectivity index (χ3v) is 4.69. The van der Waals surface area contributed by atoms with E-state index in [1.165, 1.54) is 6.07 Å². The van der Waals surface area contributed by atoms with Gasteiger partial charge in [-0.1, -0.05) is 44.8 Å². The Kier molecular flexibility index (Phi) is 4.72. The van der Waals surface area contributed by atoms with Gasteiger partial charge in [0, 0.05) is 27.6 Å². The molecule has 0 saturated carbocycles. The maximum Gasteiger partial charge on any atom is 0.336 e. The maximum absolute atomic E-state index is 11.6. The molecule has 136 valence electrons. The molecule has 0 unspecified atom stereocenters. The molecule has 2 aromatic heterocycles. The number of aromatic nitrogens is 2. The van der Waals surface area contributed by atoms with Gasteiger partial charge in [0.25, 0.3) is 5.89 Å². The van der Waals surface area contributed by atoms with Crippen LogP contribution < -0.4 is 10.4 Å². The minimum atomic E-state index is -0.427. The molecule has 27 heavy (non-hydrogen) atoms. The maximum atomic E-state index is 11.6. The molecule has 0 saturated heterocycles. The first kappa shape index (κ1) is 17.8. The summed E-state index contributed by atoms with van der Waals surface area (Å²) < 4.78 is 17.0. The van der Waals surface area contributed by atoms with Crippen molar-refractivity contribution in [1.29, 1.82) is 0 Å². The number of hydrogen-bond acceptors (Lipinski definition) is 6. The first-order valence-corrected chi connectivity index (χ1v) is 9.12. The van der Waals surface area contributed by atoms with Crippen molar-refractivity contribution in [3.8, 4) is 17.1 Å². The van der Waals surface area contributed by atoms with E-state index in [9.17, 15) is 4.79 Å². The van der Waals surface area contributed by atoms with Gasteiger partial charge in [-0.25, -0.2) is 4.79 Å². The molecule has 2 heterocycles. The van der Waals surface area contributed by atoms with Crippen LogP contribution >= 0.6 is 27.5 Å². The predicted molar refractivity (Wildman–Crippen MR) is 104 cm³/mol. The summed E-state index contributed by atoms with van der Waals surface area (Å²) in [5.41, 5.74) is 1.58. The molecule has 0 aliphatic carbocycles. The van der Waals surface area contributed by atoms with Gasteiger partial charge in [-0.15, -0.1) is 0 Å². The molecule has 8 heteroatoms. The molecule has 0 aliphatic heterocycles. The number of rotatable bonds is 4. The summed E-state index contributed by atoms with van der Waals surface area (Å²) in [6.45, 7) is 1.85. The van der Waals surface area contributed by atoms with Crippen LogP contribution in [0.15, 0.2) is 60.7 Å². The van der Waals surface area contributed by atoms with E-state index in [0.29, 0.717) is 28.1 Å². The summed E-state index contributed by atoms with van der Waals surface area (Å²) in [6, 6.07) is 12.3. The van der Waals surface area contributed by atoms with Crippen LogP contribution in [0.5, 0.6) is 5.75 Å². The summed E-state index contributed by atoms with van der Waals surface area (Å²) in [5, 5.41) is 5.10. The Morgan fingerprint density at radius 2 is 2.07 bits per heavy atom. The van der Waals surface area contributed by atoms with Crippen LogP contribution in [0.2, 0.25) is 5.02 Å². The minimum Gasteiger partial charge on any atom is -0.482 e. The molecular formula is C19H12BrClN2O4. The van der Waals surface area contributed by atoms with Gasteiger partial charge in [-0.2, -0.15) is 4.98 Å². The fraction of sp³-hybridized carbons (Fsp3) is 0.105. The second-order valence-corrected chi connectivity index (χ2v) is 7.16. The molecule has 0 bridgehead atoms. The van der Waals surface area contributed by atoms with E-state index < -0.39 is 5.63 Å². The third-order valence-electron chi connectivity index (χ3n) is 3.91. The smallest absolute Gasteiger partial charge is 0.336 e. The Hall–Kier alpha value is -2.64. The SMILES string of the molecule is Cc1cc(=O)oc2cc(OCc3nc(-c4cccc(Br)c4)no3)c(Cl)cc12. The van der Waals surface area contributed by atoms with Crippen molar-refractivity contribution < 1.29 is 13.7 Å². The molecule has 6 nitrogen and oxygen atoms in total. The summed E-state index contributed by atoms with van der Waals surface area (Å²) in [4.78, 5) is 15.9. The van der Waals surface area contributed by atoms with Crippen molar-refractivity contribution in [1.82, 2.24) is 10.1 Å². The van der Waals surface area contributed by atoms with Gasteiger partial charge in [0.2, 0.25) is 5.82 Å². The molecule has 0 spiro atoms. The molecule has 0 atom stereocenters. The van der Waals surface area contributed by atoms with E-state index in [0.717, 1.165) is 21.0 Å². The standard InChI is InChI=1S/C19H12BrClN2O4/c1-10-5-18(24)26-15-8-16(14(21)7-13(10)15)25-9-17-22-19(23-27-17)11-3-2-4-12(20)6-11/h2-8H,9H2,1H3. The zero-order valence-corrected chi connectivity index (χ0v) is 16.4. The third kappa shape index (κ3) is 3.74. The fourth-order valence-electron chi connectivity index (χ4n) is 2.63. The van der Waals surface area contributed by atoms with E-state index in [4.69, 9.17) is 25.3 Å². The zero-order valence-electron chi connectivity index (χ0n) is 14.0. The number of halogens is 2. The highest BCUT2D eigenvalue weighted by Crippen LogP contribution is 2.31. The largest absolute Gasteiger partial charge is 0.482 e. The van der Waals surface area contributed by atoms with Gasteiger partial charge in [-0.05, 0) is 30.7 Å². The van der Waals surface area contributed by atoms with Gasteiger partial charge in [0.05, 0.1) is 5.02 Å². The molecule has 2 aromatic carbocycles. The fourth-order valence-corrected chi connectivity index (χ4v) is 3.25. The van der Waals surface area contributed by atoms with Crippen molar-refractivity contribution in [3.63, 3.8) is 0 Å². The van der Waals surface area contributed by atoms with E-state index >= 15 is 0 Å². The second-order valence-electron chi connectivity index (χ2n) is 5.84. The average Bonchev–Trinajstić information content (AvgIpc) is 3.10. The number of ether oxygens (including phenoxy) is 1. The Balaban J connectivity index is 1.57. The number of aryl methyl sites for hydroxylation is 1. The number of nitrogens with zero attached hydrogens (tertiary/aromatic N) is 2. The Morgan fingerprint density at radius 1 is 1.22 bits per heavy atom. The monoisotopic (exact) mass is 446 g/mol. The lowest BCUT2D eigenvalue weighted by Crippen LogP contribution is -2.00. The van der Waals surface area contributed by atoms with Crippen molar-refractivity contribution in [2.75, 3.05) is 0 Å². The lowest BCUT2D eigenvalue weighted by Gasteiger charge is -2.08. The molecule has 4 aromatic rings. The first-order chi connectivity index (χ1) is 13.0. The molecule has 0 aliphatic rings. The van der Waals surface area contributed by atoms with E-state index in [-0.39, 0.29) is 6.61 Å². The van der Waals surface area contributed by atoms with E-state index in [1.807, 2.05) is 31.2 Å². The summed E-state index contributed by atoms with van der Waals surface area (Å²) >= 11 is 9.69. The second kappa shape index (κ2) is 7.17. The van der Waals surface area contributed by atoms with Crippen molar-refractivity contribution in [2.45, 2.75) is 13.5 Å². The molecular weight excluding hydrogens is 436 g/mol. The molecule has 0 N–H and O–H groups in total. The molecule has 0 amide bonds. The quantitative estimate of drug-likeness (QED) is 0.403. The van der Waals surface area contributed by atoms with Crippen LogP contribution in [0, 0.1) is 6.92 Å². The molecule has 0 radical (unpaired) electrons. The average molecular weight is 448 g/mol. The van der Waals surface area contributed by atoms with Crippen LogP contribution in [0.1, 0.15) is 11.5 Å². The van der Waals surface area contributed by atoms with Crippen LogP contribution in [0.4, 0.5) is 0 Å². The first-order valence-electron chi connectivity index (χ1n) is 7.95. The van der Waals surface area contributed by atoms with Crippen LogP contribution in [0.25, 0.3) is 22.4 Å². The predicted octanol–water partition coefficient (Wildman–Crippen LogP) is 5.15. The Labute approximate surface area is 166 Å². The van der Waals surface area contributed by atoms with Gasteiger partial charge in [0.15, 0.2) is 6.61 Å². The lowest BCUT2D eigenvalue weighted by atomic mass is 10.1. The Bertz CT molecular complexity index is 1200. The van der Waals surface area contributed by atoms with Crippen molar-refractivity contribution >= 4 is 38.5 Å². The summed E-state index contributed by atoms with van der Waals surface area (Å²) in [5.74, 6) is 1.12. The summed E-state index contributed by atoms with van der Waals surface area (Å²) in [7, 11) is 0. The topological polar surface area (TPSA) is 78.4 Å². The number of fused-ring (bicyclic) bond motifs is 1. The van der Waals surface area contributed by atoms with Gasteiger partial charge >= 0.3 is 5.63 Å². The zero-order chi connectivity index (χ0) is 19.0. The normalized spacial score (nSPS) is 11.1. The highest BCUT2D eigenvalue weighted by atomic mass is 79.9.